The Morgan fingerprint density at radius 1 is 1.11 bits per heavy atom. The van der Waals surface area contributed by atoms with Gasteiger partial charge in [-0.25, -0.2) is 0 Å². The van der Waals surface area contributed by atoms with Crippen LogP contribution in [0.15, 0.2) is 24.3 Å². The second kappa shape index (κ2) is 12.4. The molecule has 0 aromatic heterocycles. The lowest BCUT2D eigenvalue weighted by Crippen LogP contribution is -2.42. The van der Waals surface area contributed by atoms with Crippen molar-refractivity contribution in [3.05, 3.63) is 35.4 Å². The summed E-state index contributed by atoms with van der Waals surface area (Å²) >= 11 is 0. The predicted octanol–water partition coefficient (Wildman–Crippen LogP) is 1.59. The molecule has 0 bridgehead atoms. The average Bonchev–Trinajstić information content (AvgIpc) is 2.61. The highest BCUT2D eigenvalue weighted by Gasteiger charge is 2.25. The van der Waals surface area contributed by atoms with Gasteiger partial charge in [0.15, 0.2) is 0 Å². The Balaban J connectivity index is 0.000000390. The fourth-order valence-electron chi connectivity index (χ4n) is 3.35. The van der Waals surface area contributed by atoms with Gasteiger partial charge in [0.05, 0.1) is 6.10 Å². The Kier molecular flexibility index (Phi) is 10.6. The zero-order valence-corrected chi connectivity index (χ0v) is 16.2. The van der Waals surface area contributed by atoms with E-state index in [2.05, 4.69) is 34.5 Å². The molecule has 0 spiro atoms. The first-order valence-electron chi connectivity index (χ1n) is 9.36. The van der Waals surface area contributed by atoms with Gasteiger partial charge < -0.3 is 20.6 Å². The smallest absolute Gasteiger partial charge is 0.300 e. The van der Waals surface area contributed by atoms with Crippen LogP contribution in [0.2, 0.25) is 0 Å². The summed E-state index contributed by atoms with van der Waals surface area (Å²) in [5.74, 6) is -1.18. The number of rotatable bonds is 3. The van der Waals surface area contributed by atoms with Gasteiger partial charge in [-0.05, 0) is 49.4 Å². The second-order valence-corrected chi connectivity index (χ2v) is 6.95. The molecule has 0 aliphatic carbocycles. The van der Waals surface area contributed by atoms with Gasteiger partial charge in [-0.2, -0.15) is 0 Å². The van der Waals surface area contributed by atoms with Gasteiger partial charge in [0, 0.05) is 33.5 Å². The summed E-state index contributed by atoms with van der Waals surface area (Å²) in [5, 5.41) is 28.6. The molecule has 0 saturated carbocycles. The van der Waals surface area contributed by atoms with Gasteiger partial charge in [0.25, 0.3) is 11.9 Å². The van der Waals surface area contributed by atoms with Gasteiger partial charge in [-0.1, -0.05) is 24.3 Å². The van der Waals surface area contributed by atoms with E-state index in [-0.39, 0.29) is 6.10 Å². The lowest BCUT2D eigenvalue weighted by Gasteiger charge is -2.34. The predicted molar refractivity (Wildman–Crippen MR) is 104 cm³/mol. The first kappa shape index (κ1) is 23.1. The molecule has 0 amide bonds. The largest absolute Gasteiger partial charge is 0.481 e. The lowest BCUT2D eigenvalue weighted by atomic mass is 9.91. The van der Waals surface area contributed by atoms with E-state index in [1.54, 1.807) is 0 Å². The van der Waals surface area contributed by atoms with Crippen LogP contribution in [0.25, 0.3) is 0 Å². The summed E-state index contributed by atoms with van der Waals surface area (Å²) in [6.07, 6.45) is 3.19. The summed E-state index contributed by atoms with van der Waals surface area (Å²) in [6, 6.07) is 8.69. The SMILES string of the molecule is CC(=O)O.CC(=O)O.OC(CN1CCc2ccccc2C1)C1CCNCC1. The van der Waals surface area contributed by atoms with Crippen molar-refractivity contribution in [3.63, 3.8) is 0 Å². The maximum Gasteiger partial charge on any atom is 0.300 e. The van der Waals surface area contributed by atoms with Crippen molar-refractivity contribution < 1.29 is 24.9 Å². The zero-order chi connectivity index (χ0) is 20.2. The number of piperidine rings is 1. The number of carboxylic acid groups (broad SMARTS) is 2. The molecule has 7 heteroatoms. The summed E-state index contributed by atoms with van der Waals surface area (Å²) < 4.78 is 0. The van der Waals surface area contributed by atoms with Crippen LogP contribution in [0.1, 0.15) is 37.8 Å². The minimum Gasteiger partial charge on any atom is -0.481 e. The molecule has 2 heterocycles. The van der Waals surface area contributed by atoms with Gasteiger partial charge in [-0.3, -0.25) is 14.5 Å². The molecule has 27 heavy (non-hydrogen) atoms. The molecule has 1 aromatic rings. The standard InChI is InChI=1S/C16H24N2O.2C2H4O2/c19-16(14-5-8-17-9-6-14)12-18-10-7-13-3-1-2-4-15(13)11-18;2*1-2(3)4/h1-4,14,16-17,19H,5-12H2;2*1H3,(H,3,4). The number of β-amino-alcohol motifs (C(OH)–C–C–N with tert-alkyl or cyclic N) is 1. The molecule has 2 aliphatic rings. The number of aliphatic carboxylic acids is 2. The molecule has 2 aliphatic heterocycles. The molecule has 152 valence electrons. The van der Waals surface area contributed by atoms with Gasteiger partial charge in [-0.15, -0.1) is 0 Å². The summed E-state index contributed by atoms with van der Waals surface area (Å²) in [5.41, 5.74) is 2.92. The van der Waals surface area contributed by atoms with E-state index >= 15 is 0 Å². The van der Waals surface area contributed by atoms with Crippen molar-refractivity contribution >= 4 is 11.9 Å². The number of hydrogen-bond acceptors (Lipinski definition) is 5. The molecule has 4 N–H and O–H groups in total. The number of fused-ring (bicyclic) bond motifs is 1. The Hall–Kier alpha value is -1.96. The molecular weight excluding hydrogens is 348 g/mol. The average molecular weight is 380 g/mol. The van der Waals surface area contributed by atoms with E-state index < -0.39 is 11.9 Å². The number of nitrogens with zero attached hydrogens (tertiary/aromatic N) is 1. The van der Waals surface area contributed by atoms with Crippen LogP contribution in [0.3, 0.4) is 0 Å². The quantitative estimate of drug-likeness (QED) is 0.630. The van der Waals surface area contributed by atoms with E-state index in [0.29, 0.717) is 5.92 Å². The first-order chi connectivity index (χ1) is 12.8. The van der Waals surface area contributed by atoms with Crippen LogP contribution in [0.4, 0.5) is 0 Å². The highest BCUT2D eigenvalue weighted by Crippen LogP contribution is 2.22. The summed E-state index contributed by atoms with van der Waals surface area (Å²) in [6.45, 7) is 7.20. The summed E-state index contributed by atoms with van der Waals surface area (Å²) in [7, 11) is 0. The molecule has 1 fully saturated rings. The monoisotopic (exact) mass is 380 g/mol. The van der Waals surface area contributed by atoms with E-state index in [4.69, 9.17) is 19.8 Å². The van der Waals surface area contributed by atoms with Crippen molar-refractivity contribution in [1.29, 1.82) is 0 Å². The highest BCUT2D eigenvalue weighted by molar-refractivity contribution is 5.63. The third kappa shape index (κ3) is 10.1. The fourth-order valence-corrected chi connectivity index (χ4v) is 3.35. The molecule has 0 radical (unpaired) electrons. The van der Waals surface area contributed by atoms with Crippen LogP contribution in [-0.2, 0) is 22.6 Å². The zero-order valence-electron chi connectivity index (χ0n) is 16.2. The molecule has 1 unspecified atom stereocenters. The van der Waals surface area contributed by atoms with E-state index in [1.807, 2.05) is 0 Å². The van der Waals surface area contributed by atoms with Crippen LogP contribution in [-0.4, -0.2) is 64.4 Å². The number of hydrogen-bond donors (Lipinski definition) is 4. The minimum absolute atomic E-state index is 0.160. The van der Waals surface area contributed by atoms with Crippen molar-refractivity contribution in [2.45, 2.75) is 45.8 Å². The van der Waals surface area contributed by atoms with Gasteiger partial charge in [0.1, 0.15) is 0 Å². The number of benzene rings is 1. The van der Waals surface area contributed by atoms with Gasteiger partial charge in [0.2, 0.25) is 0 Å². The number of carbonyl (C=O) groups is 2. The topological polar surface area (TPSA) is 110 Å². The molecule has 1 atom stereocenters. The second-order valence-electron chi connectivity index (χ2n) is 6.95. The Morgan fingerprint density at radius 2 is 1.63 bits per heavy atom. The van der Waals surface area contributed by atoms with E-state index in [0.717, 1.165) is 65.8 Å². The van der Waals surface area contributed by atoms with Crippen molar-refractivity contribution in [2.24, 2.45) is 5.92 Å². The number of aliphatic hydroxyl groups excluding tert-OH is 1. The maximum atomic E-state index is 10.4. The van der Waals surface area contributed by atoms with Crippen molar-refractivity contribution in [3.8, 4) is 0 Å². The highest BCUT2D eigenvalue weighted by atomic mass is 16.4. The third-order valence-electron chi connectivity index (χ3n) is 4.58. The number of nitrogens with one attached hydrogen (secondary N) is 1. The minimum atomic E-state index is -0.833. The number of aliphatic hydroxyl groups is 1. The molecule has 1 aromatic carbocycles. The maximum absolute atomic E-state index is 10.4. The molecular formula is C20H32N2O5. The van der Waals surface area contributed by atoms with Crippen molar-refractivity contribution in [1.82, 2.24) is 10.2 Å². The van der Waals surface area contributed by atoms with Crippen LogP contribution in [0, 0.1) is 5.92 Å². The van der Waals surface area contributed by atoms with Crippen LogP contribution < -0.4 is 5.32 Å². The third-order valence-corrected chi connectivity index (χ3v) is 4.58. The van der Waals surface area contributed by atoms with Crippen LogP contribution >= 0.6 is 0 Å². The first-order valence-corrected chi connectivity index (χ1v) is 9.36. The Labute approximate surface area is 161 Å². The molecule has 7 nitrogen and oxygen atoms in total. The Bertz CT molecular complexity index is 567. The van der Waals surface area contributed by atoms with E-state index in [1.165, 1.54) is 11.1 Å². The molecule has 3 rings (SSSR count). The van der Waals surface area contributed by atoms with E-state index in [9.17, 15) is 5.11 Å². The normalized spacial score (nSPS) is 18.0. The number of carboxylic acids is 2. The fraction of sp³-hybridized carbons (Fsp3) is 0.600. The lowest BCUT2D eigenvalue weighted by molar-refractivity contribution is -0.135. The summed E-state index contributed by atoms with van der Waals surface area (Å²) in [4.78, 5) is 20.4. The Morgan fingerprint density at radius 3 is 2.19 bits per heavy atom. The molecule has 1 saturated heterocycles. The van der Waals surface area contributed by atoms with Crippen LogP contribution in [0.5, 0.6) is 0 Å². The van der Waals surface area contributed by atoms with Crippen molar-refractivity contribution in [2.75, 3.05) is 26.2 Å². The van der Waals surface area contributed by atoms with Gasteiger partial charge >= 0.3 is 0 Å².